The largest absolute Gasteiger partial charge is 0.465 e. The first-order chi connectivity index (χ1) is 22.5. The van der Waals surface area contributed by atoms with E-state index in [9.17, 15) is 9.90 Å². The maximum atomic E-state index is 13.0. The average molecular weight is 652 g/mol. The lowest BCUT2D eigenvalue weighted by Crippen LogP contribution is -2.30. The summed E-state index contributed by atoms with van der Waals surface area (Å²) in [5.41, 5.74) is -0.501. The molecule has 0 aromatic heterocycles. The molecule has 4 nitrogen and oxygen atoms in total. The summed E-state index contributed by atoms with van der Waals surface area (Å²) in [5.74, 6) is 0.164. The van der Waals surface area contributed by atoms with E-state index in [0.717, 1.165) is 83.5 Å². The van der Waals surface area contributed by atoms with Crippen LogP contribution in [0.3, 0.4) is 0 Å². The Balaban J connectivity index is 4.54. The fourth-order valence-corrected chi connectivity index (χ4v) is 7.11. The van der Waals surface area contributed by atoms with Crippen molar-refractivity contribution in [1.82, 2.24) is 4.90 Å². The van der Waals surface area contributed by atoms with Crippen LogP contribution in [0.1, 0.15) is 227 Å². The van der Waals surface area contributed by atoms with E-state index in [0.29, 0.717) is 6.61 Å². The zero-order valence-corrected chi connectivity index (χ0v) is 32.3. The van der Waals surface area contributed by atoms with E-state index in [1.807, 2.05) is 0 Å². The number of unbranched alkanes of at least 4 members (excludes halogenated alkanes) is 18. The molecule has 0 aromatic carbocycles. The van der Waals surface area contributed by atoms with Crippen molar-refractivity contribution in [2.24, 2.45) is 5.92 Å². The van der Waals surface area contributed by atoms with E-state index >= 15 is 0 Å². The van der Waals surface area contributed by atoms with Crippen LogP contribution in [-0.2, 0) is 9.53 Å². The van der Waals surface area contributed by atoms with Crippen LogP contribution in [0.5, 0.6) is 0 Å². The molecule has 0 amide bonds. The second-order valence-corrected chi connectivity index (χ2v) is 14.8. The zero-order valence-electron chi connectivity index (χ0n) is 32.3. The molecular weight excluding hydrogens is 566 g/mol. The molecule has 0 heterocycles. The Morgan fingerprint density at radius 1 is 0.500 bits per heavy atom. The first kappa shape index (κ1) is 45.4. The van der Waals surface area contributed by atoms with Crippen molar-refractivity contribution in [3.05, 3.63) is 0 Å². The van der Waals surface area contributed by atoms with Gasteiger partial charge in [0, 0.05) is 0 Å². The molecule has 4 heteroatoms. The third-order valence-electron chi connectivity index (χ3n) is 10.1. The van der Waals surface area contributed by atoms with Crippen LogP contribution >= 0.6 is 0 Å². The molecule has 0 aliphatic heterocycles. The first-order valence-corrected chi connectivity index (χ1v) is 21.1. The summed E-state index contributed by atoms with van der Waals surface area (Å²) in [6, 6.07) is 0. The predicted molar refractivity (Wildman–Crippen MR) is 203 cm³/mol. The Morgan fingerprint density at radius 3 is 1.35 bits per heavy atom. The summed E-state index contributed by atoms with van der Waals surface area (Å²) in [5, 5.41) is 11.7. The Labute approximate surface area is 290 Å². The lowest BCUT2D eigenvalue weighted by atomic mass is 9.85. The normalized spacial score (nSPS) is 13.1. The highest BCUT2D eigenvalue weighted by atomic mass is 16.5. The molecule has 0 spiro atoms. The van der Waals surface area contributed by atoms with E-state index in [-0.39, 0.29) is 11.9 Å². The summed E-state index contributed by atoms with van der Waals surface area (Å²) in [7, 11) is 0. The number of carbonyl (C=O) groups excluding carboxylic acids is 1. The predicted octanol–water partition coefficient (Wildman–Crippen LogP) is 13.0. The summed E-state index contributed by atoms with van der Waals surface area (Å²) in [4.78, 5) is 15.6. The molecule has 0 radical (unpaired) electrons. The minimum absolute atomic E-state index is 0.0657. The van der Waals surface area contributed by atoms with Gasteiger partial charge in [-0.25, -0.2) is 0 Å². The Kier molecular flexibility index (Phi) is 33.8. The zero-order chi connectivity index (χ0) is 34.0. The summed E-state index contributed by atoms with van der Waals surface area (Å²) < 4.78 is 5.86. The number of carbonyl (C=O) groups is 1. The van der Waals surface area contributed by atoms with Crippen molar-refractivity contribution in [3.63, 3.8) is 0 Å². The Morgan fingerprint density at radius 2 is 0.891 bits per heavy atom. The standard InChI is InChI=1S/C42H85NO3/c1-6-11-14-17-19-24-31-40(32-25-20-18-15-12-7-2)41(44)46-39-30-23-22-27-34-42(45,33-26-21-16-13-8-3)35-28-29-38-43(36-9-4)37-10-5/h40,45H,6-39H2,1-5H3. The molecule has 0 bridgehead atoms. The van der Waals surface area contributed by atoms with Gasteiger partial charge in [0.25, 0.3) is 0 Å². The summed E-state index contributed by atoms with van der Waals surface area (Å²) in [6.45, 7) is 15.5. The number of hydrogen-bond acceptors (Lipinski definition) is 4. The maximum absolute atomic E-state index is 13.0. The first-order valence-electron chi connectivity index (χ1n) is 21.1. The topological polar surface area (TPSA) is 49.8 Å². The van der Waals surface area contributed by atoms with E-state index < -0.39 is 5.60 Å². The molecule has 0 aliphatic rings. The van der Waals surface area contributed by atoms with Gasteiger partial charge in [-0.3, -0.25) is 4.79 Å². The third-order valence-corrected chi connectivity index (χ3v) is 10.1. The molecule has 0 saturated carbocycles. The van der Waals surface area contributed by atoms with Crippen LogP contribution in [0.2, 0.25) is 0 Å². The fourth-order valence-electron chi connectivity index (χ4n) is 7.11. The highest BCUT2D eigenvalue weighted by Crippen LogP contribution is 2.29. The minimum atomic E-state index is -0.501. The van der Waals surface area contributed by atoms with Gasteiger partial charge >= 0.3 is 5.97 Å². The summed E-state index contributed by atoms with van der Waals surface area (Å²) in [6.07, 6.45) is 35.5. The van der Waals surface area contributed by atoms with Gasteiger partial charge in [0.05, 0.1) is 18.1 Å². The van der Waals surface area contributed by atoms with Crippen LogP contribution < -0.4 is 0 Å². The number of nitrogens with zero attached hydrogens (tertiary/aromatic N) is 1. The number of rotatable bonds is 37. The number of ether oxygens (including phenoxy) is 1. The van der Waals surface area contributed by atoms with Crippen LogP contribution in [0.4, 0.5) is 0 Å². The van der Waals surface area contributed by atoms with Crippen molar-refractivity contribution in [1.29, 1.82) is 0 Å². The smallest absolute Gasteiger partial charge is 0.308 e. The Bertz CT molecular complexity index is 604. The van der Waals surface area contributed by atoms with Crippen LogP contribution in [-0.4, -0.2) is 47.8 Å². The van der Waals surface area contributed by atoms with E-state index in [4.69, 9.17) is 4.74 Å². The molecular formula is C42H85NO3. The minimum Gasteiger partial charge on any atom is -0.465 e. The molecule has 46 heavy (non-hydrogen) atoms. The average Bonchev–Trinajstić information content (AvgIpc) is 3.05. The lowest BCUT2D eigenvalue weighted by Gasteiger charge is -2.29. The molecule has 0 rings (SSSR count). The van der Waals surface area contributed by atoms with Crippen molar-refractivity contribution in [2.75, 3.05) is 26.2 Å². The third kappa shape index (κ3) is 28.4. The van der Waals surface area contributed by atoms with Gasteiger partial charge in [0.1, 0.15) is 0 Å². The Hall–Kier alpha value is -0.610. The summed E-state index contributed by atoms with van der Waals surface area (Å²) >= 11 is 0. The van der Waals surface area contributed by atoms with Crippen molar-refractivity contribution < 1.29 is 14.6 Å². The maximum Gasteiger partial charge on any atom is 0.308 e. The van der Waals surface area contributed by atoms with Gasteiger partial charge in [-0.1, -0.05) is 163 Å². The van der Waals surface area contributed by atoms with Crippen molar-refractivity contribution in [3.8, 4) is 0 Å². The second-order valence-electron chi connectivity index (χ2n) is 14.8. The molecule has 0 aliphatic carbocycles. The van der Waals surface area contributed by atoms with E-state index in [2.05, 4.69) is 39.5 Å². The highest BCUT2D eigenvalue weighted by molar-refractivity contribution is 5.72. The van der Waals surface area contributed by atoms with Crippen LogP contribution in [0.25, 0.3) is 0 Å². The molecule has 0 fully saturated rings. The van der Waals surface area contributed by atoms with Crippen molar-refractivity contribution in [2.45, 2.75) is 233 Å². The monoisotopic (exact) mass is 652 g/mol. The van der Waals surface area contributed by atoms with E-state index in [1.165, 1.54) is 129 Å². The molecule has 1 N–H and O–H groups in total. The van der Waals surface area contributed by atoms with E-state index in [1.54, 1.807) is 0 Å². The highest BCUT2D eigenvalue weighted by Gasteiger charge is 2.25. The molecule has 1 atom stereocenters. The van der Waals surface area contributed by atoms with Crippen LogP contribution in [0.15, 0.2) is 0 Å². The van der Waals surface area contributed by atoms with Crippen LogP contribution in [0, 0.1) is 5.92 Å². The molecule has 0 aromatic rings. The lowest BCUT2D eigenvalue weighted by molar-refractivity contribution is -0.149. The van der Waals surface area contributed by atoms with Gasteiger partial charge in [-0.05, 0) is 83.8 Å². The van der Waals surface area contributed by atoms with Gasteiger partial charge in [-0.2, -0.15) is 0 Å². The number of esters is 1. The quantitative estimate of drug-likeness (QED) is 0.0536. The van der Waals surface area contributed by atoms with Gasteiger partial charge in [-0.15, -0.1) is 0 Å². The van der Waals surface area contributed by atoms with Gasteiger partial charge < -0.3 is 14.7 Å². The number of hydrogen-bond donors (Lipinski definition) is 1. The fraction of sp³-hybridized carbons (Fsp3) is 0.976. The van der Waals surface area contributed by atoms with Gasteiger partial charge in [0.15, 0.2) is 0 Å². The molecule has 1 unspecified atom stereocenters. The SMILES string of the molecule is CCCCCCCCC(CCCCCCCC)C(=O)OCCCCCCC(O)(CCCCCCC)CCCCN(CCC)CCC. The molecule has 0 saturated heterocycles. The van der Waals surface area contributed by atoms with Gasteiger partial charge in [0.2, 0.25) is 0 Å². The van der Waals surface area contributed by atoms with Crippen molar-refractivity contribution >= 4 is 5.97 Å². The number of aliphatic hydroxyl groups is 1. The molecule has 276 valence electrons. The second kappa shape index (κ2) is 34.3.